The number of allylic oxidation sites excluding steroid dienone is 1. The summed E-state index contributed by atoms with van der Waals surface area (Å²) in [6.07, 6.45) is 0. The molecule has 10 heteroatoms. The van der Waals surface area contributed by atoms with Gasteiger partial charge in [-0.05, 0) is 42.8 Å². The van der Waals surface area contributed by atoms with Crippen molar-refractivity contribution < 1.29 is 19.1 Å². The first-order valence-corrected chi connectivity index (χ1v) is 11.6. The molecule has 3 rings (SSSR count). The molecule has 1 aliphatic heterocycles. The number of hydrogen-bond acceptors (Lipinski definition) is 6. The summed E-state index contributed by atoms with van der Waals surface area (Å²) >= 11 is 13.2. The molecule has 33 heavy (non-hydrogen) atoms. The van der Waals surface area contributed by atoms with E-state index in [1.807, 2.05) is 0 Å². The molecule has 2 aromatic carbocycles. The summed E-state index contributed by atoms with van der Waals surface area (Å²) in [4.78, 5) is 37.9. The van der Waals surface area contributed by atoms with Crippen LogP contribution in [0.4, 0.5) is 5.69 Å². The highest BCUT2D eigenvalue weighted by atomic mass is 35.5. The van der Waals surface area contributed by atoms with Crippen molar-refractivity contribution in [1.82, 2.24) is 5.32 Å². The van der Waals surface area contributed by atoms with Gasteiger partial charge in [0, 0.05) is 21.7 Å². The molecule has 0 saturated heterocycles. The summed E-state index contributed by atoms with van der Waals surface area (Å²) in [7, 11) is 0. The van der Waals surface area contributed by atoms with Crippen molar-refractivity contribution in [2.24, 2.45) is 5.92 Å². The Hall–Kier alpha value is -2.99. The Morgan fingerprint density at radius 1 is 1.18 bits per heavy atom. The van der Waals surface area contributed by atoms with Crippen LogP contribution in [-0.2, 0) is 19.1 Å². The summed E-state index contributed by atoms with van der Waals surface area (Å²) in [5.41, 5.74) is 1.14. The maximum atomic E-state index is 12.9. The largest absolute Gasteiger partial charge is 0.465 e. The zero-order chi connectivity index (χ0) is 24.0. The second-order valence-electron chi connectivity index (χ2n) is 6.92. The van der Waals surface area contributed by atoms with Gasteiger partial charge >= 0.3 is 5.97 Å². The van der Waals surface area contributed by atoms with Crippen molar-refractivity contribution in [1.29, 1.82) is 5.26 Å². The number of carbonyl (C=O) groups is 3. The molecule has 2 N–H and O–H groups in total. The van der Waals surface area contributed by atoms with Gasteiger partial charge in [0.1, 0.15) is 5.92 Å². The molecule has 2 atom stereocenters. The number of nitrogens with zero attached hydrogens (tertiary/aromatic N) is 1. The zero-order valence-electron chi connectivity index (χ0n) is 17.4. The fourth-order valence-corrected chi connectivity index (χ4v) is 4.58. The number of hydrogen-bond donors (Lipinski definition) is 2. The van der Waals surface area contributed by atoms with Crippen LogP contribution in [0, 0.1) is 17.2 Å². The van der Waals surface area contributed by atoms with Crippen molar-refractivity contribution in [3.63, 3.8) is 0 Å². The molecule has 0 unspecified atom stereocenters. The fraction of sp³-hybridized carbons (Fsp3) is 0.217. The number of ether oxygens (including phenoxy) is 1. The van der Waals surface area contributed by atoms with Gasteiger partial charge in [-0.3, -0.25) is 14.4 Å². The second-order valence-corrected chi connectivity index (χ2v) is 8.75. The van der Waals surface area contributed by atoms with Crippen LogP contribution >= 0.6 is 35.0 Å². The number of thioether (sulfide) groups is 1. The van der Waals surface area contributed by atoms with Crippen LogP contribution in [0.2, 0.25) is 10.0 Å². The molecular weight excluding hydrogens is 485 g/mol. The predicted octanol–water partition coefficient (Wildman–Crippen LogP) is 4.49. The third kappa shape index (κ3) is 5.88. The Labute approximate surface area is 205 Å². The van der Waals surface area contributed by atoms with E-state index in [0.717, 1.165) is 11.8 Å². The van der Waals surface area contributed by atoms with Crippen molar-refractivity contribution >= 4 is 58.4 Å². The number of halogens is 2. The Kier molecular flexibility index (Phi) is 8.39. The molecule has 0 bridgehead atoms. The highest BCUT2D eigenvalue weighted by molar-refractivity contribution is 8.03. The highest BCUT2D eigenvalue weighted by Crippen LogP contribution is 2.42. The minimum absolute atomic E-state index is 0.0793. The molecule has 1 heterocycles. The number of amides is 2. The van der Waals surface area contributed by atoms with Crippen LogP contribution in [0.1, 0.15) is 18.4 Å². The van der Waals surface area contributed by atoms with E-state index < -0.39 is 23.7 Å². The summed E-state index contributed by atoms with van der Waals surface area (Å²) in [5.74, 6) is -4.04. The number of anilines is 1. The van der Waals surface area contributed by atoms with Gasteiger partial charge < -0.3 is 15.4 Å². The normalized spacial score (nSPS) is 17.7. The third-order valence-electron chi connectivity index (χ3n) is 4.79. The van der Waals surface area contributed by atoms with Crippen LogP contribution < -0.4 is 10.6 Å². The lowest BCUT2D eigenvalue weighted by Crippen LogP contribution is -2.44. The third-order valence-corrected chi connectivity index (χ3v) is 6.40. The fourth-order valence-electron chi connectivity index (χ4n) is 3.36. The van der Waals surface area contributed by atoms with Crippen molar-refractivity contribution in [3.8, 4) is 6.07 Å². The SMILES string of the molecule is CCOC(=O)[C@H]1C(=O)NC(SCC(=O)Nc2ccc(Cl)cc2)=C(C#N)[C@H]1c1ccccc1Cl. The van der Waals surface area contributed by atoms with E-state index in [9.17, 15) is 19.6 Å². The monoisotopic (exact) mass is 503 g/mol. The Balaban J connectivity index is 1.90. The van der Waals surface area contributed by atoms with Crippen LogP contribution in [0.25, 0.3) is 0 Å². The number of carbonyl (C=O) groups excluding carboxylic acids is 3. The molecule has 0 aromatic heterocycles. The lowest BCUT2D eigenvalue weighted by Gasteiger charge is -2.31. The molecule has 0 radical (unpaired) electrons. The average molecular weight is 504 g/mol. The van der Waals surface area contributed by atoms with E-state index in [0.29, 0.717) is 21.3 Å². The van der Waals surface area contributed by atoms with E-state index >= 15 is 0 Å². The van der Waals surface area contributed by atoms with Gasteiger partial charge in [-0.2, -0.15) is 5.26 Å². The van der Waals surface area contributed by atoms with Crippen LogP contribution in [0.15, 0.2) is 59.1 Å². The molecule has 0 spiro atoms. The number of esters is 1. The number of benzene rings is 2. The van der Waals surface area contributed by atoms with Crippen LogP contribution in [0.3, 0.4) is 0 Å². The second kappa shape index (κ2) is 11.2. The lowest BCUT2D eigenvalue weighted by molar-refractivity contribution is -0.152. The van der Waals surface area contributed by atoms with E-state index in [1.54, 1.807) is 55.5 Å². The van der Waals surface area contributed by atoms with Crippen molar-refractivity contribution in [2.75, 3.05) is 17.7 Å². The first-order chi connectivity index (χ1) is 15.8. The Morgan fingerprint density at radius 3 is 2.52 bits per heavy atom. The Bertz CT molecular complexity index is 1150. The molecule has 1 aliphatic rings. The molecule has 7 nitrogen and oxygen atoms in total. The number of rotatable bonds is 7. The summed E-state index contributed by atoms with van der Waals surface area (Å²) < 4.78 is 5.09. The molecule has 2 aromatic rings. The van der Waals surface area contributed by atoms with E-state index in [-0.39, 0.29) is 28.9 Å². The minimum Gasteiger partial charge on any atom is -0.465 e. The summed E-state index contributed by atoms with van der Waals surface area (Å²) in [6.45, 7) is 1.71. The molecule has 2 amide bonds. The van der Waals surface area contributed by atoms with Crippen LogP contribution in [0.5, 0.6) is 0 Å². The maximum Gasteiger partial charge on any atom is 0.319 e. The van der Waals surface area contributed by atoms with Gasteiger partial charge in [0.15, 0.2) is 0 Å². The van der Waals surface area contributed by atoms with Gasteiger partial charge in [0.25, 0.3) is 0 Å². The zero-order valence-corrected chi connectivity index (χ0v) is 19.8. The average Bonchev–Trinajstić information content (AvgIpc) is 2.79. The molecule has 0 saturated carbocycles. The predicted molar refractivity (Wildman–Crippen MR) is 128 cm³/mol. The summed E-state index contributed by atoms with van der Waals surface area (Å²) in [6, 6.07) is 15.4. The number of nitriles is 1. The standard InChI is InChI=1S/C23H19Cl2N3O4S/c1-2-32-23(31)20-19(15-5-3-4-6-17(15)25)16(11-26)22(28-21(20)30)33-12-18(29)27-14-9-7-13(24)8-10-14/h3-10,19-20H,2,12H2,1H3,(H,27,29)(H,28,30)/t19-,20-/m1/s1. The minimum atomic E-state index is -1.29. The van der Waals surface area contributed by atoms with Gasteiger partial charge in [-0.1, -0.05) is 53.2 Å². The van der Waals surface area contributed by atoms with Gasteiger partial charge in [-0.25, -0.2) is 0 Å². The first-order valence-electron chi connectivity index (χ1n) is 9.90. The topological polar surface area (TPSA) is 108 Å². The molecule has 170 valence electrons. The van der Waals surface area contributed by atoms with Gasteiger partial charge in [0.2, 0.25) is 11.8 Å². The van der Waals surface area contributed by atoms with E-state index in [4.69, 9.17) is 27.9 Å². The van der Waals surface area contributed by atoms with Crippen LogP contribution in [-0.4, -0.2) is 30.1 Å². The quantitative estimate of drug-likeness (QED) is 0.425. The van der Waals surface area contributed by atoms with Crippen molar-refractivity contribution in [2.45, 2.75) is 12.8 Å². The molecule has 0 aliphatic carbocycles. The lowest BCUT2D eigenvalue weighted by atomic mass is 9.78. The first kappa shape index (κ1) is 24.6. The molecular formula is C23H19Cl2N3O4S. The maximum absolute atomic E-state index is 12.9. The van der Waals surface area contributed by atoms with Crippen molar-refractivity contribution in [3.05, 3.63) is 74.7 Å². The number of nitrogens with one attached hydrogen (secondary N) is 2. The van der Waals surface area contributed by atoms with Gasteiger partial charge in [-0.15, -0.1) is 0 Å². The van der Waals surface area contributed by atoms with E-state index in [1.165, 1.54) is 0 Å². The smallest absolute Gasteiger partial charge is 0.319 e. The highest BCUT2D eigenvalue weighted by Gasteiger charge is 2.45. The molecule has 0 fully saturated rings. The van der Waals surface area contributed by atoms with Gasteiger partial charge in [0.05, 0.1) is 29.0 Å². The van der Waals surface area contributed by atoms with E-state index in [2.05, 4.69) is 16.7 Å². The Morgan fingerprint density at radius 2 is 1.88 bits per heavy atom. The summed E-state index contributed by atoms with van der Waals surface area (Å²) in [5, 5.41) is 16.3.